The Morgan fingerprint density at radius 1 is 1.42 bits per heavy atom. The Hall–Kier alpha value is -1.98. The summed E-state index contributed by atoms with van der Waals surface area (Å²) >= 11 is 0. The van der Waals surface area contributed by atoms with Gasteiger partial charge in [0.15, 0.2) is 0 Å². The van der Waals surface area contributed by atoms with Crippen molar-refractivity contribution in [2.75, 3.05) is 6.54 Å². The molecule has 0 saturated heterocycles. The average molecular weight is 266 g/mol. The molecule has 1 N–H and O–H groups in total. The van der Waals surface area contributed by atoms with Crippen LogP contribution in [-0.4, -0.2) is 17.4 Å². The number of hydrogen-bond donors (Lipinski definition) is 1. The highest BCUT2D eigenvalue weighted by molar-refractivity contribution is 5.94. The van der Waals surface area contributed by atoms with E-state index in [0.717, 1.165) is 25.0 Å². The van der Waals surface area contributed by atoms with E-state index in [0.29, 0.717) is 12.5 Å². The summed E-state index contributed by atoms with van der Waals surface area (Å²) in [6.07, 6.45) is 4.57. The summed E-state index contributed by atoms with van der Waals surface area (Å²) in [6.45, 7) is 0.573. The first-order chi connectivity index (χ1) is 9.08. The van der Waals surface area contributed by atoms with Gasteiger partial charge < -0.3 is 5.32 Å². The molecule has 2 rings (SSSR count). The minimum absolute atomic E-state index is 0.117. The lowest BCUT2D eigenvalue weighted by Crippen LogP contribution is -2.28. The van der Waals surface area contributed by atoms with Crippen molar-refractivity contribution in [3.8, 4) is 0 Å². The van der Waals surface area contributed by atoms with Crippen LogP contribution >= 0.6 is 0 Å². The Morgan fingerprint density at radius 2 is 2.11 bits per heavy atom. The van der Waals surface area contributed by atoms with E-state index in [1.807, 2.05) is 0 Å². The number of nitrogens with one attached hydrogen (secondary N) is 1. The monoisotopic (exact) mass is 266 g/mol. The normalized spacial score (nSPS) is 15.4. The van der Waals surface area contributed by atoms with Crippen molar-refractivity contribution in [3.63, 3.8) is 0 Å². The number of halogens is 1. The van der Waals surface area contributed by atoms with Crippen molar-refractivity contribution in [3.05, 3.63) is 39.7 Å². The van der Waals surface area contributed by atoms with Gasteiger partial charge in [-0.3, -0.25) is 14.9 Å². The van der Waals surface area contributed by atoms with E-state index in [1.54, 1.807) is 0 Å². The molecular formula is C13H15FN2O3. The summed E-state index contributed by atoms with van der Waals surface area (Å²) in [6, 6.07) is 3.17. The number of amides is 1. The highest BCUT2D eigenvalue weighted by Gasteiger charge is 2.19. The van der Waals surface area contributed by atoms with Crippen LogP contribution in [0.25, 0.3) is 0 Å². The summed E-state index contributed by atoms with van der Waals surface area (Å²) < 4.78 is 13.1. The van der Waals surface area contributed by atoms with Gasteiger partial charge in [-0.25, -0.2) is 0 Å². The standard InChI is InChI=1S/C13H15FN2O3/c14-11-6-5-10(7-12(11)16(18)19)13(17)15-8-9-3-1-2-4-9/h5-7,9H,1-4,8H2,(H,15,17). The Labute approximate surface area is 110 Å². The molecule has 1 aliphatic carbocycles. The minimum atomic E-state index is -0.933. The summed E-state index contributed by atoms with van der Waals surface area (Å²) in [4.78, 5) is 21.6. The largest absolute Gasteiger partial charge is 0.352 e. The van der Waals surface area contributed by atoms with Gasteiger partial charge in [-0.05, 0) is 30.9 Å². The zero-order valence-corrected chi connectivity index (χ0v) is 10.4. The van der Waals surface area contributed by atoms with Crippen LogP contribution < -0.4 is 5.32 Å². The van der Waals surface area contributed by atoms with E-state index in [-0.39, 0.29) is 5.56 Å². The lowest BCUT2D eigenvalue weighted by molar-refractivity contribution is -0.387. The predicted molar refractivity (Wildman–Crippen MR) is 67.3 cm³/mol. The lowest BCUT2D eigenvalue weighted by Gasteiger charge is -2.10. The smallest absolute Gasteiger partial charge is 0.305 e. The van der Waals surface area contributed by atoms with Crippen molar-refractivity contribution in [1.82, 2.24) is 5.32 Å². The molecule has 0 heterocycles. The molecule has 0 atom stereocenters. The van der Waals surface area contributed by atoms with Crippen LogP contribution in [0.4, 0.5) is 10.1 Å². The van der Waals surface area contributed by atoms with Gasteiger partial charge in [0.2, 0.25) is 5.82 Å². The average Bonchev–Trinajstić information content (AvgIpc) is 2.89. The van der Waals surface area contributed by atoms with Gasteiger partial charge in [-0.2, -0.15) is 4.39 Å². The quantitative estimate of drug-likeness (QED) is 0.672. The Balaban J connectivity index is 2.02. The van der Waals surface area contributed by atoms with Crippen LogP contribution in [0, 0.1) is 21.8 Å². The van der Waals surface area contributed by atoms with E-state index >= 15 is 0 Å². The molecule has 1 fully saturated rings. The number of nitrogens with zero attached hydrogens (tertiary/aromatic N) is 1. The molecule has 1 aliphatic rings. The summed E-state index contributed by atoms with van der Waals surface area (Å²) in [7, 11) is 0. The number of carbonyl (C=O) groups excluding carboxylic acids is 1. The molecule has 0 radical (unpaired) electrons. The van der Waals surface area contributed by atoms with Crippen molar-refractivity contribution < 1.29 is 14.1 Å². The van der Waals surface area contributed by atoms with Gasteiger partial charge >= 0.3 is 5.69 Å². The van der Waals surface area contributed by atoms with Crippen LogP contribution in [0.15, 0.2) is 18.2 Å². The maximum absolute atomic E-state index is 13.1. The Morgan fingerprint density at radius 3 is 2.74 bits per heavy atom. The molecule has 19 heavy (non-hydrogen) atoms. The van der Waals surface area contributed by atoms with Crippen LogP contribution in [-0.2, 0) is 0 Å². The van der Waals surface area contributed by atoms with Crippen molar-refractivity contribution in [2.45, 2.75) is 25.7 Å². The van der Waals surface area contributed by atoms with Gasteiger partial charge in [-0.15, -0.1) is 0 Å². The summed E-state index contributed by atoms with van der Waals surface area (Å²) in [5, 5.41) is 13.3. The summed E-state index contributed by atoms with van der Waals surface area (Å²) in [5.74, 6) is -0.841. The summed E-state index contributed by atoms with van der Waals surface area (Å²) in [5.41, 5.74) is -0.556. The van der Waals surface area contributed by atoms with Gasteiger partial charge in [-0.1, -0.05) is 12.8 Å². The number of hydrogen-bond acceptors (Lipinski definition) is 3. The molecule has 0 unspecified atom stereocenters. The van der Waals surface area contributed by atoms with Crippen LogP contribution in [0.3, 0.4) is 0 Å². The molecule has 1 saturated carbocycles. The third kappa shape index (κ3) is 3.27. The molecule has 102 valence electrons. The van der Waals surface area contributed by atoms with Gasteiger partial charge in [0, 0.05) is 18.2 Å². The maximum Gasteiger partial charge on any atom is 0.305 e. The third-order valence-electron chi connectivity index (χ3n) is 3.43. The second-order valence-electron chi connectivity index (χ2n) is 4.78. The predicted octanol–water partition coefficient (Wildman–Crippen LogP) is 2.65. The first-order valence-electron chi connectivity index (χ1n) is 6.30. The molecule has 0 spiro atoms. The fraction of sp³-hybridized carbons (Fsp3) is 0.462. The van der Waals surface area contributed by atoms with Gasteiger partial charge in [0.25, 0.3) is 5.91 Å². The van der Waals surface area contributed by atoms with E-state index in [2.05, 4.69) is 5.32 Å². The molecule has 5 nitrogen and oxygen atoms in total. The molecule has 1 aromatic rings. The number of nitro benzene ring substituents is 1. The van der Waals surface area contributed by atoms with Crippen molar-refractivity contribution >= 4 is 11.6 Å². The fourth-order valence-corrected chi connectivity index (χ4v) is 2.35. The molecule has 0 aromatic heterocycles. The topological polar surface area (TPSA) is 72.2 Å². The SMILES string of the molecule is O=C(NCC1CCCC1)c1ccc(F)c([N+](=O)[O-])c1. The van der Waals surface area contributed by atoms with Crippen molar-refractivity contribution in [1.29, 1.82) is 0 Å². The number of rotatable bonds is 4. The third-order valence-corrected chi connectivity index (χ3v) is 3.43. The molecule has 0 bridgehead atoms. The minimum Gasteiger partial charge on any atom is -0.352 e. The second-order valence-corrected chi connectivity index (χ2v) is 4.78. The van der Waals surface area contributed by atoms with Crippen LogP contribution in [0.5, 0.6) is 0 Å². The fourth-order valence-electron chi connectivity index (χ4n) is 2.35. The zero-order chi connectivity index (χ0) is 13.8. The Kier molecular flexibility index (Phi) is 4.09. The van der Waals surface area contributed by atoms with E-state index in [9.17, 15) is 19.3 Å². The number of benzene rings is 1. The van der Waals surface area contributed by atoms with Crippen LogP contribution in [0.2, 0.25) is 0 Å². The zero-order valence-electron chi connectivity index (χ0n) is 10.4. The van der Waals surface area contributed by atoms with E-state index < -0.39 is 22.3 Å². The molecular weight excluding hydrogens is 251 g/mol. The lowest BCUT2D eigenvalue weighted by atomic mass is 10.1. The first-order valence-corrected chi connectivity index (χ1v) is 6.30. The number of carbonyl (C=O) groups is 1. The molecule has 1 aromatic carbocycles. The molecule has 6 heteroatoms. The van der Waals surface area contributed by atoms with Gasteiger partial charge in [0.05, 0.1) is 4.92 Å². The molecule has 0 aliphatic heterocycles. The maximum atomic E-state index is 13.1. The number of nitro groups is 1. The van der Waals surface area contributed by atoms with E-state index in [1.165, 1.54) is 18.9 Å². The highest BCUT2D eigenvalue weighted by atomic mass is 19.1. The van der Waals surface area contributed by atoms with E-state index in [4.69, 9.17) is 0 Å². The second kappa shape index (κ2) is 5.77. The molecule has 1 amide bonds. The first kappa shape index (κ1) is 13.5. The Bertz CT molecular complexity index is 499. The van der Waals surface area contributed by atoms with Gasteiger partial charge in [0.1, 0.15) is 0 Å². The van der Waals surface area contributed by atoms with Crippen molar-refractivity contribution in [2.24, 2.45) is 5.92 Å². The highest BCUT2D eigenvalue weighted by Crippen LogP contribution is 2.24. The van der Waals surface area contributed by atoms with Crippen LogP contribution in [0.1, 0.15) is 36.0 Å².